The molecule has 0 aliphatic carbocycles. The minimum Gasteiger partial charge on any atom is -0.486 e. The number of carbonyl (C=O) groups is 1. The molecule has 0 spiro atoms. The van der Waals surface area contributed by atoms with Crippen LogP contribution in [0.1, 0.15) is 22.1 Å². The van der Waals surface area contributed by atoms with Crippen LogP contribution in [0.25, 0.3) is 0 Å². The molecule has 3 aromatic rings. The number of carbonyl (C=O) groups excluding carboxylic acids is 1. The summed E-state index contributed by atoms with van der Waals surface area (Å²) < 4.78 is 11.3. The molecule has 1 atom stereocenters. The lowest BCUT2D eigenvalue weighted by Gasteiger charge is -2.28. The van der Waals surface area contributed by atoms with E-state index in [1.807, 2.05) is 54.6 Å². The Balaban J connectivity index is 1.54. The van der Waals surface area contributed by atoms with Crippen molar-refractivity contribution >= 4 is 28.9 Å². The minimum absolute atomic E-state index is 0.0482. The van der Waals surface area contributed by atoms with Crippen molar-refractivity contribution < 1.29 is 14.3 Å². The summed E-state index contributed by atoms with van der Waals surface area (Å²) in [7, 11) is 0. The van der Waals surface area contributed by atoms with Crippen molar-refractivity contribution in [3.05, 3.63) is 82.9 Å². The molecule has 1 amide bonds. The third-order valence-electron chi connectivity index (χ3n) is 4.91. The zero-order chi connectivity index (χ0) is 19.1. The highest BCUT2D eigenvalue weighted by atomic mass is 35.5. The van der Waals surface area contributed by atoms with Crippen molar-refractivity contribution in [1.29, 1.82) is 0 Å². The maximum atomic E-state index is 13.1. The fraction of sp³-hybridized carbons (Fsp3) is 0.136. The van der Waals surface area contributed by atoms with E-state index in [4.69, 9.17) is 21.1 Å². The van der Waals surface area contributed by atoms with E-state index in [0.717, 1.165) is 22.7 Å². The normalized spacial score (nSPS) is 17.4. The number of hydrogen-bond acceptors (Lipinski definition) is 4. The number of anilines is 2. The summed E-state index contributed by atoms with van der Waals surface area (Å²) in [5, 5.41) is 4.11. The maximum Gasteiger partial charge on any atom is 0.260 e. The molecule has 5 nitrogen and oxygen atoms in total. The Hall–Kier alpha value is -3.18. The second-order valence-corrected chi connectivity index (χ2v) is 7.08. The predicted octanol–water partition coefficient (Wildman–Crippen LogP) is 4.88. The first-order chi connectivity index (χ1) is 13.7. The van der Waals surface area contributed by atoms with Gasteiger partial charge in [-0.05, 0) is 42.5 Å². The number of benzene rings is 3. The number of fused-ring (bicyclic) bond motifs is 2. The summed E-state index contributed by atoms with van der Waals surface area (Å²) in [6.45, 7) is 1.08. The van der Waals surface area contributed by atoms with E-state index in [0.29, 0.717) is 29.5 Å². The van der Waals surface area contributed by atoms with Gasteiger partial charge in [0.15, 0.2) is 11.5 Å². The van der Waals surface area contributed by atoms with Crippen molar-refractivity contribution in [3.63, 3.8) is 0 Å². The van der Waals surface area contributed by atoms with Gasteiger partial charge >= 0.3 is 0 Å². The van der Waals surface area contributed by atoms with E-state index in [2.05, 4.69) is 5.32 Å². The Bertz CT molecular complexity index is 1050. The molecule has 140 valence electrons. The van der Waals surface area contributed by atoms with Crippen LogP contribution in [0.15, 0.2) is 66.7 Å². The third kappa shape index (κ3) is 2.84. The zero-order valence-corrected chi connectivity index (χ0v) is 15.6. The lowest BCUT2D eigenvalue weighted by Crippen LogP contribution is -2.32. The fourth-order valence-corrected chi connectivity index (χ4v) is 3.74. The molecule has 2 aliphatic heterocycles. The fourth-order valence-electron chi connectivity index (χ4n) is 3.62. The first kappa shape index (κ1) is 17.0. The van der Waals surface area contributed by atoms with Crippen LogP contribution in [-0.2, 0) is 0 Å². The van der Waals surface area contributed by atoms with Gasteiger partial charge in [0.1, 0.15) is 19.4 Å². The number of nitrogens with zero attached hydrogens (tertiary/aromatic N) is 1. The number of ether oxygens (including phenoxy) is 2. The molecule has 28 heavy (non-hydrogen) atoms. The van der Waals surface area contributed by atoms with Crippen LogP contribution in [-0.4, -0.2) is 19.1 Å². The Labute approximate surface area is 167 Å². The molecular weight excluding hydrogens is 376 g/mol. The number of amides is 1. The van der Waals surface area contributed by atoms with Crippen LogP contribution in [0.4, 0.5) is 11.4 Å². The van der Waals surface area contributed by atoms with Gasteiger partial charge in [0.05, 0.1) is 0 Å². The minimum atomic E-state index is -0.340. The van der Waals surface area contributed by atoms with Gasteiger partial charge in [-0.15, -0.1) is 0 Å². The van der Waals surface area contributed by atoms with Crippen molar-refractivity contribution in [2.24, 2.45) is 0 Å². The molecule has 6 heteroatoms. The summed E-state index contributed by atoms with van der Waals surface area (Å²) in [5.74, 6) is 1.38. The van der Waals surface area contributed by atoms with Crippen molar-refractivity contribution in [3.8, 4) is 11.5 Å². The molecule has 2 heterocycles. The lowest BCUT2D eigenvalue weighted by molar-refractivity contribution is 0.0993. The van der Waals surface area contributed by atoms with Crippen molar-refractivity contribution in [2.45, 2.75) is 6.17 Å². The third-order valence-corrected chi connectivity index (χ3v) is 5.17. The Morgan fingerprint density at radius 1 is 0.929 bits per heavy atom. The monoisotopic (exact) mass is 392 g/mol. The molecule has 0 unspecified atom stereocenters. The van der Waals surface area contributed by atoms with Gasteiger partial charge in [-0.25, -0.2) is 0 Å². The molecule has 0 aromatic heterocycles. The van der Waals surface area contributed by atoms with Crippen LogP contribution in [0.3, 0.4) is 0 Å². The van der Waals surface area contributed by atoms with Gasteiger partial charge in [0.25, 0.3) is 5.91 Å². The molecule has 2 aliphatic rings. The molecule has 3 aromatic carbocycles. The number of nitrogens with one attached hydrogen (secondary N) is 1. The van der Waals surface area contributed by atoms with Crippen LogP contribution in [0, 0.1) is 0 Å². The first-order valence-corrected chi connectivity index (χ1v) is 9.43. The van der Waals surface area contributed by atoms with Crippen molar-refractivity contribution in [2.75, 3.05) is 23.4 Å². The van der Waals surface area contributed by atoms with E-state index < -0.39 is 0 Å². The SMILES string of the molecule is O=C1c2ccccc2[C@H](Nc2ccc3c(c2)OCCO3)N1c1ccc(Cl)cc1. The second kappa shape index (κ2) is 6.77. The largest absolute Gasteiger partial charge is 0.486 e. The highest BCUT2D eigenvalue weighted by Crippen LogP contribution is 2.40. The highest BCUT2D eigenvalue weighted by Gasteiger charge is 2.37. The van der Waals surface area contributed by atoms with E-state index in [1.54, 1.807) is 17.0 Å². The first-order valence-electron chi connectivity index (χ1n) is 9.05. The maximum absolute atomic E-state index is 13.1. The van der Waals surface area contributed by atoms with Crippen LogP contribution >= 0.6 is 11.6 Å². The summed E-state index contributed by atoms with van der Waals surface area (Å²) in [5.41, 5.74) is 3.24. The Kier molecular flexibility index (Phi) is 4.10. The molecular formula is C22H17ClN2O3. The Morgan fingerprint density at radius 2 is 1.68 bits per heavy atom. The van der Waals surface area contributed by atoms with Gasteiger partial charge in [-0.2, -0.15) is 0 Å². The lowest BCUT2D eigenvalue weighted by atomic mass is 10.1. The summed E-state index contributed by atoms with van der Waals surface area (Å²) in [6.07, 6.45) is -0.340. The predicted molar refractivity (Wildman–Crippen MR) is 108 cm³/mol. The molecule has 0 fully saturated rings. The number of halogens is 1. The molecule has 5 rings (SSSR count). The summed E-state index contributed by atoms with van der Waals surface area (Å²) in [4.78, 5) is 14.9. The molecule has 1 N–H and O–H groups in total. The van der Waals surface area contributed by atoms with E-state index in [1.165, 1.54) is 0 Å². The quantitative estimate of drug-likeness (QED) is 0.690. The van der Waals surface area contributed by atoms with Crippen LogP contribution in [0.2, 0.25) is 5.02 Å². The molecule has 0 saturated carbocycles. The average Bonchev–Trinajstić information content (AvgIpc) is 3.01. The van der Waals surface area contributed by atoms with Gasteiger partial charge in [-0.3, -0.25) is 9.69 Å². The molecule has 0 saturated heterocycles. The van der Waals surface area contributed by atoms with Crippen molar-refractivity contribution in [1.82, 2.24) is 0 Å². The highest BCUT2D eigenvalue weighted by molar-refractivity contribution is 6.30. The van der Waals surface area contributed by atoms with E-state index >= 15 is 0 Å². The van der Waals surface area contributed by atoms with Crippen LogP contribution in [0.5, 0.6) is 11.5 Å². The van der Waals surface area contributed by atoms with Gasteiger partial charge in [-0.1, -0.05) is 29.8 Å². The standard InChI is InChI=1S/C22H17ClN2O3/c23-14-5-8-16(9-6-14)25-21(17-3-1-2-4-18(17)22(25)26)24-15-7-10-19-20(13-15)28-12-11-27-19/h1-10,13,21,24H,11-12H2/t21-/m1/s1. The van der Waals surface area contributed by atoms with Gasteiger partial charge in [0, 0.05) is 33.6 Å². The summed E-state index contributed by atoms with van der Waals surface area (Å²) >= 11 is 6.03. The van der Waals surface area contributed by atoms with Crippen LogP contribution < -0.4 is 19.7 Å². The average molecular weight is 393 g/mol. The summed E-state index contributed by atoms with van der Waals surface area (Å²) in [6, 6.07) is 20.6. The van der Waals surface area contributed by atoms with E-state index in [9.17, 15) is 4.79 Å². The molecule has 0 radical (unpaired) electrons. The topological polar surface area (TPSA) is 50.8 Å². The van der Waals surface area contributed by atoms with Gasteiger partial charge in [0.2, 0.25) is 0 Å². The number of rotatable bonds is 3. The molecule has 0 bridgehead atoms. The zero-order valence-electron chi connectivity index (χ0n) is 14.9. The number of hydrogen-bond donors (Lipinski definition) is 1. The smallest absolute Gasteiger partial charge is 0.260 e. The second-order valence-electron chi connectivity index (χ2n) is 6.64. The van der Waals surface area contributed by atoms with Gasteiger partial charge < -0.3 is 14.8 Å². The Morgan fingerprint density at radius 3 is 2.50 bits per heavy atom. The van der Waals surface area contributed by atoms with E-state index in [-0.39, 0.29) is 12.1 Å².